The second kappa shape index (κ2) is 5.79. The third-order valence-corrected chi connectivity index (χ3v) is 4.40. The van der Waals surface area contributed by atoms with E-state index in [0.29, 0.717) is 12.0 Å². The number of nitrogens with one attached hydrogen (secondary N) is 1. The SMILES string of the molecule is CC(NC1CCCC(C)C1C)c1cncc(F)c1. The Balaban J connectivity index is 2.00. The first-order chi connectivity index (χ1) is 8.58. The van der Waals surface area contributed by atoms with Crippen LogP contribution in [0, 0.1) is 17.7 Å². The Bertz CT molecular complexity index is 394. The highest BCUT2D eigenvalue weighted by molar-refractivity contribution is 5.14. The van der Waals surface area contributed by atoms with Crippen molar-refractivity contribution in [2.24, 2.45) is 11.8 Å². The number of aromatic nitrogens is 1. The van der Waals surface area contributed by atoms with E-state index in [2.05, 4.69) is 31.1 Å². The molecule has 4 atom stereocenters. The average molecular weight is 250 g/mol. The Kier molecular flexibility index (Phi) is 4.33. The molecule has 18 heavy (non-hydrogen) atoms. The molecule has 0 aliphatic heterocycles. The van der Waals surface area contributed by atoms with Crippen LogP contribution in [-0.4, -0.2) is 11.0 Å². The second-order valence-electron chi connectivity index (χ2n) is 5.70. The molecule has 1 aromatic rings. The van der Waals surface area contributed by atoms with Crippen molar-refractivity contribution in [2.75, 3.05) is 0 Å². The van der Waals surface area contributed by atoms with Crippen molar-refractivity contribution in [3.63, 3.8) is 0 Å². The van der Waals surface area contributed by atoms with Crippen LogP contribution in [0.1, 0.15) is 51.6 Å². The largest absolute Gasteiger partial charge is 0.307 e. The molecule has 1 aliphatic carbocycles. The third-order valence-electron chi connectivity index (χ3n) is 4.40. The molecular weight excluding hydrogens is 227 g/mol. The minimum Gasteiger partial charge on any atom is -0.307 e. The Morgan fingerprint density at radius 1 is 1.33 bits per heavy atom. The highest BCUT2D eigenvalue weighted by Gasteiger charge is 2.27. The summed E-state index contributed by atoms with van der Waals surface area (Å²) in [5, 5.41) is 3.64. The first-order valence-electron chi connectivity index (χ1n) is 6.94. The lowest BCUT2D eigenvalue weighted by atomic mass is 9.77. The Morgan fingerprint density at radius 2 is 2.11 bits per heavy atom. The molecule has 3 heteroatoms. The summed E-state index contributed by atoms with van der Waals surface area (Å²) in [6, 6.07) is 2.26. The molecule has 1 aromatic heterocycles. The van der Waals surface area contributed by atoms with Crippen LogP contribution in [-0.2, 0) is 0 Å². The maximum atomic E-state index is 13.2. The minimum atomic E-state index is -0.258. The summed E-state index contributed by atoms with van der Waals surface area (Å²) < 4.78 is 13.2. The third kappa shape index (κ3) is 3.08. The molecule has 1 saturated carbocycles. The maximum Gasteiger partial charge on any atom is 0.141 e. The lowest BCUT2D eigenvalue weighted by Gasteiger charge is -2.36. The topological polar surface area (TPSA) is 24.9 Å². The molecule has 0 saturated heterocycles. The van der Waals surface area contributed by atoms with Crippen molar-refractivity contribution >= 4 is 0 Å². The van der Waals surface area contributed by atoms with Crippen LogP contribution >= 0.6 is 0 Å². The quantitative estimate of drug-likeness (QED) is 0.885. The van der Waals surface area contributed by atoms with E-state index in [-0.39, 0.29) is 11.9 Å². The fourth-order valence-corrected chi connectivity index (χ4v) is 2.90. The van der Waals surface area contributed by atoms with Gasteiger partial charge in [0, 0.05) is 18.3 Å². The molecule has 1 aliphatic rings. The standard InChI is InChI=1S/C15H23FN2/c1-10-5-4-6-15(11(10)2)18-12(3)13-7-14(16)9-17-8-13/h7-12,15,18H,4-6H2,1-3H3. The van der Waals surface area contributed by atoms with Crippen molar-refractivity contribution in [1.29, 1.82) is 0 Å². The minimum absolute atomic E-state index is 0.158. The van der Waals surface area contributed by atoms with E-state index >= 15 is 0 Å². The van der Waals surface area contributed by atoms with E-state index in [1.54, 1.807) is 12.3 Å². The van der Waals surface area contributed by atoms with Gasteiger partial charge in [-0.25, -0.2) is 4.39 Å². The number of rotatable bonds is 3. The summed E-state index contributed by atoms with van der Waals surface area (Å²) in [7, 11) is 0. The van der Waals surface area contributed by atoms with Gasteiger partial charge >= 0.3 is 0 Å². The molecule has 1 fully saturated rings. The van der Waals surface area contributed by atoms with E-state index in [0.717, 1.165) is 11.5 Å². The molecular formula is C15H23FN2. The van der Waals surface area contributed by atoms with Gasteiger partial charge in [-0.3, -0.25) is 4.98 Å². The Labute approximate surface area is 109 Å². The van der Waals surface area contributed by atoms with E-state index in [1.165, 1.54) is 25.5 Å². The number of hydrogen-bond acceptors (Lipinski definition) is 2. The van der Waals surface area contributed by atoms with Crippen molar-refractivity contribution in [3.05, 3.63) is 29.8 Å². The lowest BCUT2D eigenvalue weighted by molar-refractivity contribution is 0.196. The first-order valence-corrected chi connectivity index (χ1v) is 6.94. The van der Waals surface area contributed by atoms with Gasteiger partial charge in [-0.2, -0.15) is 0 Å². The molecule has 1 heterocycles. The monoisotopic (exact) mass is 250 g/mol. The normalized spacial score (nSPS) is 30.1. The smallest absolute Gasteiger partial charge is 0.141 e. The van der Waals surface area contributed by atoms with Gasteiger partial charge in [0.15, 0.2) is 0 Å². The van der Waals surface area contributed by atoms with Crippen LogP contribution in [0.25, 0.3) is 0 Å². The Hall–Kier alpha value is -0.960. The summed E-state index contributed by atoms with van der Waals surface area (Å²) >= 11 is 0. The van der Waals surface area contributed by atoms with Crippen molar-refractivity contribution in [1.82, 2.24) is 10.3 Å². The van der Waals surface area contributed by atoms with E-state index in [9.17, 15) is 4.39 Å². The van der Waals surface area contributed by atoms with E-state index < -0.39 is 0 Å². The number of hydrogen-bond donors (Lipinski definition) is 1. The molecule has 100 valence electrons. The van der Waals surface area contributed by atoms with Crippen LogP contribution in [0.4, 0.5) is 4.39 Å². The zero-order chi connectivity index (χ0) is 13.1. The highest BCUT2D eigenvalue weighted by Crippen LogP contribution is 2.30. The molecule has 2 rings (SSSR count). The van der Waals surface area contributed by atoms with Crippen LogP contribution in [0.2, 0.25) is 0 Å². The number of pyridine rings is 1. The van der Waals surface area contributed by atoms with Gasteiger partial charge < -0.3 is 5.32 Å². The summed E-state index contributed by atoms with van der Waals surface area (Å²) in [6.45, 7) is 6.73. The van der Waals surface area contributed by atoms with Gasteiger partial charge in [-0.05, 0) is 36.8 Å². The van der Waals surface area contributed by atoms with Gasteiger partial charge in [-0.1, -0.05) is 26.7 Å². The molecule has 0 spiro atoms. The summed E-state index contributed by atoms with van der Waals surface area (Å²) in [5.41, 5.74) is 0.931. The van der Waals surface area contributed by atoms with Crippen molar-refractivity contribution < 1.29 is 4.39 Å². The van der Waals surface area contributed by atoms with E-state index in [1.807, 2.05) is 0 Å². The molecule has 0 amide bonds. The van der Waals surface area contributed by atoms with Crippen LogP contribution < -0.4 is 5.32 Å². The van der Waals surface area contributed by atoms with Crippen molar-refractivity contribution in [2.45, 2.75) is 52.1 Å². The highest BCUT2D eigenvalue weighted by atomic mass is 19.1. The van der Waals surface area contributed by atoms with Gasteiger partial charge in [-0.15, -0.1) is 0 Å². The summed E-state index contributed by atoms with van der Waals surface area (Å²) in [5.74, 6) is 1.20. The predicted octanol–water partition coefficient (Wildman–Crippen LogP) is 3.70. The molecule has 0 aromatic carbocycles. The average Bonchev–Trinajstić information content (AvgIpc) is 2.35. The van der Waals surface area contributed by atoms with Gasteiger partial charge in [0.25, 0.3) is 0 Å². The molecule has 0 radical (unpaired) electrons. The first kappa shape index (κ1) is 13.5. The zero-order valence-electron chi connectivity index (χ0n) is 11.5. The van der Waals surface area contributed by atoms with Crippen molar-refractivity contribution in [3.8, 4) is 0 Å². The molecule has 0 bridgehead atoms. The maximum absolute atomic E-state index is 13.2. The second-order valence-corrected chi connectivity index (χ2v) is 5.70. The summed E-state index contributed by atoms with van der Waals surface area (Å²) in [4.78, 5) is 3.92. The van der Waals surface area contributed by atoms with Crippen LogP contribution in [0.3, 0.4) is 0 Å². The number of halogens is 1. The van der Waals surface area contributed by atoms with E-state index in [4.69, 9.17) is 0 Å². The molecule has 4 unspecified atom stereocenters. The molecule has 1 N–H and O–H groups in total. The van der Waals surface area contributed by atoms with Gasteiger partial charge in [0.05, 0.1) is 6.20 Å². The van der Waals surface area contributed by atoms with Gasteiger partial charge in [0.2, 0.25) is 0 Å². The zero-order valence-corrected chi connectivity index (χ0v) is 11.5. The Morgan fingerprint density at radius 3 is 2.83 bits per heavy atom. The van der Waals surface area contributed by atoms with Crippen LogP contribution in [0.5, 0.6) is 0 Å². The summed E-state index contributed by atoms with van der Waals surface area (Å²) in [6.07, 6.45) is 6.84. The predicted molar refractivity (Wildman–Crippen MR) is 71.7 cm³/mol. The van der Waals surface area contributed by atoms with Crippen LogP contribution in [0.15, 0.2) is 18.5 Å². The molecule has 2 nitrogen and oxygen atoms in total. The fourth-order valence-electron chi connectivity index (χ4n) is 2.90. The lowest BCUT2D eigenvalue weighted by Crippen LogP contribution is -2.41. The van der Waals surface area contributed by atoms with Gasteiger partial charge in [0.1, 0.15) is 5.82 Å². The number of nitrogens with zero attached hydrogens (tertiary/aromatic N) is 1. The fraction of sp³-hybridized carbons (Fsp3) is 0.667.